The van der Waals surface area contributed by atoms with Gasteiger partial charge in [-0.15, -0.1) is 0 Å². The first kappa shape index (κ1) is 16.3. The van der Waals surface area contributed by atoms with E-state index in [0.29, 0.717) is 5.92 Å². The first-order valence-electron chi connectivity index (χ1n) is 9.73. The number of nitrogens with zero attached hydrogens (tertiary/aromatic N) is 1. The summed E-state index contributed by atoms with van der Waals surface area (Å²) >= 11 is 0. The zero-order valence-electron chi connectivity index (χ0n) is 15.5. The van der Waals surface area contributed by atoms with Crippen molar-refractivity contribution in [2.45, 2.75) is 19.3 Å². The van der Waals surface area contributed by atoms with Crippen LogP contribution in [-0.4, -0.2) is 12.5 Å². The fraction of sp³-hybridized carbons (Fsp3) is 0.240. The highest BCUT2D eigenvalue weighted by atomic mass is 16.2. The van der Waals surface area contributed by atoms with Gasteiger partial charge in [0.15, 0.2) is 0 Å². The van der Waals surface area contributed by atoms with Crippen LogP contribution >= 0.6 is 0 Å². The lowest BCUT2D eigenvalue weighted by Crippen LogP contribution is -2.31. The van der Waals surface area contributed by atoms with E-state index in [4.69, 9.17) is 0 Å². The Morgan fingerprint density at radius 3 is 2.33 bits per heavy atom. The summed E-state index contributed by atoms with van der Waals surface area (Å²) in [5, 5.41) is 0. The Morgan fingerprint density at radius 2 is 1.56 bits per heavy atom. The molecule has 3 aromatic rings. The van der Waals surface area contributed by atoms with Crippen LogP contribution < -0.4 is 4.90 Å². The molecule has 2 heteroatoms. The molecule has 0 spiro atoms. The zero-order chi connectivity index (χ0) is 18.4. The van der Waals surface area contributed by atoms with Crippen LogP contribution in [0.1, 0.15) is 28.2 Å². The average Bonchev–Trinajstić information content (AvgIpc) is 3.03. The van der Waals surface area contributed by atoms with E-state index in [1.807, 2.05) is 4.90 Å². The lowest BCUT2D eigenvalue weighted by molar-refractivity contribution is -0.121. The molecule has 0 saturated carbocycles. The Labute approximate surface area is 160 Å². The second kappa shape index (κ2) is 6.38. The maximum atomic E-state index is 13.3. The average molecular weight is 353 g/mol. The summed E-state index contributed by atoms with van der Waals surface area (Å²) in [6.45, 7) is 2.87. The molecule has 1 fully saturated rings. The van der Waals surface area contributed by atoms with E-state index in [1.165, 1.54) is 22.3 Å². The summed E-state index contributed by atoms with van der Waals surface area (Å²) in [7, 11) is 0. The lowest BCUT2D eigenvalue weighted by atomic mass is 9.68. The Morgan fingerprint density at radius 1 is 0.852 bits per heavy atom. The van der Waals surface area contributed by atoms with Gasteiger partial charge in [0.1, 0.15) is 0 Å². The highest BCUT2D eigenvalue weighted by molar-refractivity contribution is 5.98. The quantitative estimate of drug-likeness (QED) is 0.637. The minimum atomic E-state index is 0.0615. The number of fused-ring (bicyclic) bond motifs is 2. The molecule has 1 heterocycles. The molecule has 1 saturated heterocycles. The molecule has 0 radical (unpaired) electrons. The number of carbonyl (C=O) groups excluding carboxylic acids is 1. The van der Waals surface area contributed by atoms with Crippen LogP contribution in [0, 0.1) is 18.8 Å². The van der Waals surface area contributed by atoms with Crippen molar-refractivity contribution in [1.29, 1.82) is 0 Å². The maximum absolute atomic E-state index is 13.3. The first-order chi connectivity index (χ1) is 13.2. The zero-order valence-corrected chi connectivity index (χ0v) is 15.5. The van der Waals surface area contributed by atoms with E-state index in [-0.39, 0.29) is 17.7 Å². The molecule has 0 aromatic heterocycles. The van der Waals surface area contributed by atoms with Gasteiger partial charge in [0.05, 0.1) is 0 Å². The number of amides is 1. The molecule has 3 unspecified atom stereocenters. The van der Waals surface area contributed by atoms with E-state index in [2.05, 4.69) is 85.8 Å². The highest BCUT2D eigenvalue weighted by Crippen LogP contribution is 2.48. The molecule has 3 aromatic carbocycles. The standard InChI is InChI=1S/C25H23NO/c1-17-11-13-20(14-12-17)26-16-23-22(25(26)27)15-19-9-5-6-10-21(19)24(23)18-7-3-2-4-8-18/h2-14,22-24H,15-16H2,1H3. The van der Waals surface area contributed by atoms with Crippen molar-refractivity contribution < 1.29 is 4.79 Å². The molecule has 1 aliphatic heterocycles. The third kappa shape index (κ3) is 2.68. The second-order valence-corrected chi connectivity index (χ2v) is 7.85. The summed E-state index contributed by atoms with van der Waals surface area (Å²) in [6, 6.07) is 27.7. The number of rotatable bonds is 2. The molecule has 134 valence electrons. The van der Waals surface area contributed by atoms with Gasteiger partial charge < -0.3 is 4.90 Å². The number of aryl methyl sites for hydroxylation is 1. The van der Waals surface area contributed by atoms with Crippen molar-refractivity contribution in [3.63, 3.8) is 0 Å². The molecule has 3 atom stereocenters. The second-order valence-electron chi connectivity index (χ2n) is 7.85. The summed E-state index contributed by atoms with van der Waals surface area (Å²) in [5.74, 6) is 0.933. The van der Waals surface area contributed by atoms with Gasteiger partial charge >= 0.3 is 0 Å². The van der Waals surface area contributed by atoms with Crippen LogP contribution in [0.25, 0.3) is 0 Å². The van der Waals surface area contributed by atoms with Crippen LogP contribution in [0.3, 0.4) is 0 Å². The molecule has 27 heavy (non-hydrogen) atoms. The molecular formula is C25H23NO. The van der Waals surface area contributed by atoms with E-state index < -0.39 is 0 Å². The van der Waals surface area contributed by atoms with Crippen molar-refractivity contribution in [2.24, 2.45) is 11.8 Å². The van der Waals surface area contributed by atoms with Crippen molar-refractivity contribution in [2.75, 3.05) is 11.4 Å². The van der Waals surface area contributed by atoms with E-state index in [1.54, 1.807) is 0 Å². The molecule has 2 aliphatic rings. The summed E-state index contributed by atoms with van der Waals surface area (Å²) in [6.07, 6.45) is 0.853. The highest BCUT2D eigenvalue weighted by Gasteiger charge is 2.48. The van der Waals surface area contributed by atoms with Crippen LogP contribution in [0.15, 0.2) is 78.9 Å². The fourth-order valence-corrected chi connectivity index (χ4v) is 4.92. The number of hydrogen-bond donors (Lipinski definition) is 0. The third-order valence-electron chi connectivity index (χ3n) is 6.26. The van der Waals surface area contributed by atoms with Crippen molar-refractivity contribution in [3.8, 4) is 0 Å². The third-order valence-corrected chi connectivity index (χ3v) is 6.26. The maximum Gasteiger partial charge on any atom is 0.230 e. The van der Waals surface area contributed by atoms with Gasteiger partial charge in [-0.05, 0) is 48.1 Å². The van der Waals surface area contributed by atoms with Gasteiger partial charge in [-0.3, -0.25) is 4.79 Å². The number of hydrogen-bond acceptors (Lipinski definition) is 1. The molecule has 1 amide bonds. The molecule has 0 bridgehead atoms. The van der Waals surface area contributed by atoms with Crippen LogP contribution in [0.4, 0.5) is 5.69 Å². The number of benzene rings is 3. The summed E-state index contributed by atoms with van der Waals surface area (Å²) in [5.41, 5.74) is 6.28. The fourth-order valence-electron chi connectivity index (χ4n) is 4.92. The predicted octanol–water partition coefficient (Wildman–Crippen LogP) is 4.96. The molecular weight excluding hydrogens is 330 g/mol. The monoisotopic (exact) mass is 353 g/mol. The Hall–Kier alpha value is -2.87. The normalized spacial score (nSPS) is 23.8. The summed E-state index contributed by atoms with van der Waals surface area (Å²) < 4.78 is 0. The van der Waals surface area contributed by atoms with Crippen molar-refractivity contribution in [1.82, 2.24) is 0 Å². The lowest BCUT2D eigenvalue weighted by Gasteiger charge is -2.34. The Kier molecular flexibility index (Phi) is 3.86. The van der Waals surface area contributed by atoms with Gasteiger partial charge in [-0.25, -0.2) is 0 Å². The van der Waals surface area contributed by atoms with Crippen molar-refractivity contribution in [3.05, 3.63) is 101 Å². The van der Waals surface area contributed by atoms with Gasteiger partial charge in [0.25, 0.3) is 0 Å². The van der Waals surface area contributed by atoms with Crippen LogP contribution in [0.2, 0.25) is 0 Å². The van der Waals surface area contributed by atoms with Crippen molar-refractivity contribution >= 4 is 11.6 Å². The summed E-state index contributed by atoms with van der Waals surface area (Å²) in [4.78, 5) is 15.3. The largest absolute Gasteiger partial charge is 0.312 e. The number of anilines is 1. The van der Waals surface area contributed by atoms with Gasteiger partial charge in [-0.2, -0.15) is 0 Å². The Bertz CT molecular complexity index is 977. The van der Waals surface area contributed by atoms with Crippen LogP contribution in [-0.2, 0) is 11.2 Å². The molecule has 0 N–H and O–H groups in total. The Balaban J connectivity index is 1.59. The SMILES string of the molecule is Cc1ccc(N2CC3C(Cc4ccccc4C3c3ccccc3)C2=O)cc1. The van der Waals surface area contributed by atoms with E-state index in [0.717, 1.165) is 18.7 Å². The van der Waals surface area contributed by atoms with Gasteiger partial charge in [0.2, 0.25) is 5.91 Å². The number of carbonyl (C=O) groups is 1. The minimum absolute atomic E-state index is 0.0615. The van der Waals surface area contributed by atoms with Gasteiger partial charge in [0, 0.05) is 24.1 Å². The molecule has 2 nitrogen and oxygen atoms in total. The molecule has 1 aliphatic carbocycles. The topological polar surface area (TPSA) is 20.3 Å². The smallest absolute Gasteiger partial charge is 0.230 e. The molecule has 5 rings (SSSR count). The van der Waals surface area contributed by atoms with Crippen LogP contribution in [0.5, 0.6) is 0 Å². The van der Waals surface area contributed by atoms with E-state index in [9.17, 15) is 4.79 Å². The first-order valence-corrected chi connectivity index (χ1v) is 9.73. The predicted molar refractivity (Wildman–Crippen MR) is 109 cm³/mol. The van der Waals surface area contributed by atoms with Gasteiger partial charge in [-0.1, -0.05) is 72.3 Å². The van der Waals surface area contributed by atoms with E-state index >= 15 is 0 Å². The minimum Gasteiger partial charge on any atom is -0.312 e.